The molecule has 0 saturated carbocycles. The first kappa shape index (κ1) is 24.9. The van der Waals surface area contributed by atoms with E-state index in [9.17, 15) is 44.1 Å². The van der Waals surface area contributed by atoms with Crippen LogP contribution in [0.3, 0.4) is 0 Å². The van der Waals surface area contributed by atoms with Crippen LogP contribution in [-0.4, -0.2) is 69.8 Å². The number of aliphatic hydroxyl groups is 3. The first-order valence-corrected chi connectivity index (χ1v) is 8.31. The predicted octanol–water partition coefficient (Wildman–Crippen LogP) is -1.03. The summed E-state index contributed by atoms with van der Waals surface area (Å²) in [7, 11) is 0. The van der Waals surface area contributed by atoms with Gasteiger partial charge in [-0.05, 0) is 20.8 Å². The molecule has 0 fully saturated rings. The molecule has 0 heterocycles. The molecule has 0 spiro atoms. The highest BCUT2D eigenvalue weighted by molar-refractivity contribution is 6.19. The van der Waals surface area contributed by atoms with Gasteiger partial charge in [-0.2, -0.15) is 0 Å². The fourth-order valence-electron chi connectivity index (χ4n) is 3.08. The highest BCUT2D eigenvalue weighted by Crippen LogP contribution is 2.46. The van der Waals surface area contributed by atoms with E-state index in [4.69, 9.17) is 0 Å². The molecular formula is C18H26O9. The molecule has 0 amide bonds. The Kier molecular flexibility index (Phi) is 9.49. The largest absolute Gasteiger partial charge is 0.396 e. The smallest absolute Gasteiger partial charge is 0.155 e. The monoisotopic (exact) mass is 386 g/mol. The zero-order valence-electron chi connectivity index (χ0n) is 15.7. The molecule has 27 heavy (non-hydrogen) atoms. The van der Waals surface area contributed by atoms with Crippen LogP contribution in [0.25, 0.3) is 0 Å². The fraction of sp³-hybridized carbons (Fsp3) is 0.667. The number of Topliss-reactive ketones (excluding diaryl/α,β-unsaturated/α-hetero) is 6. The van der Waals surface area contributed by atoms with Crippen LogP contribution in [0.15, 0.2) is 0 Å². The first-order chi connectivity index (χ1) is 12.4. The van der Waals surface area contributed by atoms with Crippen molar-refractivity contribution in [3.05, 3.63) is 0 Å². The second kappa shape index (κ2) is 10.3. The Hall–Kier alpha value is -2.10. The second-order valence-corrected chi connectivity index (χ2v) is 6.86. The molecule has 0 rings (SSSR count). The average Bonchev–Trinajstić information content (AvgIpc) is 2.53. The summed E-state index contributed by atoms with van der Waals surface area (Å²) in [5.41, 5.74) is -4.71. The van der Waals surface area contributed by atoms with Crippen molar-refractivity contribution in [2.24, 2.45) is 10.8 Å². The molecule has 0 aromatic heterocycles. The van der Waals surface area contributed by atoms with Gasteiger partial charge in [0.15, 0.2) is 11.6 Å². The van der Waals surface area contributed by atoms with Gasteiger partial charge in [-0.3, -0.25) is 28.8 Å². The Morgan fingerprint density at radius 2 is 0.963 bits per heavy atom. The van der Waals surface area contributed by atoms with Crippen molar-refractivity contribution in [2.75, 3.05) is 19.8 Å². The van der Waals surface area contributed by atoms with Gasteiger partial charge in [0, 0.05) is 6.42 Å². The summed E-state index contributed by atoms with van der Waals surface area (Å²) in [6.45, 7) is 0.0374. The summed E-state index contributed by atoms with van der Waals surface area (Å²) in [6, 6.07) is 0. The van der Waals surface area contributed by atoms with Gasteiger partial charge in [0.05, 0.1) is 44.5 Å². The van der Waals surface area contributed by atoms with E-state index in [0.717, 1.165) is 20.8 Å². The van der Waals surface area contributed by atoms with E-state index in [1.807, 2.05) is 0 Å². The molecule has 0 aliphatic heterocycles. The topological polar surface area (TPSA) is 163 Å². The molecule has 0 aliphatic carbocycles. The van der Waals surface area contributed by atoms with Crippen LogP contribution in [0.4, 0.5) is 0 Å². The molecule has 0 aliphatic rings. The van der Waals surface area contributed by atoms with Crippen molar-refractivity contribution in [3.63, 3.8) is 0 Å². The third-order valence-corrected chi connectivity index (χ3v) is 4.49. The summed E-state index contributed by atoms with van der Waals surface area (Å²) >= 11 is 0. The number of aliphatic hydroxyl groups excluding tert-OH is 3. The number of ketones is 6. The van der Waals surface area contributed by atoms with E-state index in [-0.39, 0.29) is 0 Å². The van der Waals surface area contributed by atoms with Crippen LogP contribution < -0.4 is 0 Å². The van der Waals surface area contributed by atoms with Crippen molar-refractivity contribution in [1.82, 2.24) is 0 Å². The van der Waals surface area contributed by atoms with E-state index in [1.165, 1.54) is 0 Å². The molecular weight excluding hydrogens is 360 g/mol. The Morgan fingerprint density at radius 1 is 0.630 bits per heavy atom. The van der Waals surface area contributed by atoms with Crippen molar-refractivity contribution < 1.29 is 44.1 Å². The van der Waals surface area contributed by atoms with Crippen LogP contribution in [0.2, 0.25) is 0 Å². The van der Waals surface area contributed by atoms with Crippen molar-refractivity contribution in [3.8, 4) is 0 Å². The van der Waals surface area contributed by atoms with Gasteiger partial charge in [0.2, 0.25) is 0 Å². The van der Waals surface area contributed by atoms with Crippen LogP contribution >= 0.6 is 0 Å². The normalized spacial score (nSPS) is 11.8. The lowest BCUT2D eigenvalue weighted by Crippen LogP contribution is -2.60. The molecule has 0 unspecified atom stereocenters. The molecule has 0 saturated heterocycles. The average molecular weight is 386 g/mol. The standard InChI is InChI=1S/C18H26O9/c1-11(22)4-14(25)7-18(15(26)5-12(2)23,16(27)6-13(3)24)17(8-19,9-20)10-21/h19-21H,4-10H2,1-3H3. The fourth-order valence-corrected chi connectivity index (χ4v) is 3.08. The Labute approximate surface area is 156 Å². The predicted molar refractivity (Wildman–Crippen MR) is 91.7 cm³/mol. The summed E-state index contributed by atoms with van der Waals surface area (Å²) in [6.07, 6.45) is -3.16. The van der Waals surface area contributed by atoms with Gasteiger partial charge >= 0.3 is 0 Å². The number of hydrogen-bond donors (Lipinski definition) is 3. The summed E-state index contributed by atoms with van der Waals surface area (Å²) in [5.74, 6) is -4.90. The van der Waals surface area contributed by atoms with E-state index < -0.39 is 91.0 Å². The maximum absolute atomic E-state index is 12.9. The minimum atomic E-state index is -2.52. The maximum Gasteiger partial charge on any atom is 0.155 e. The lowest BCUT2D eigenvalue weighted by atomic mass is 9.55. The van der Waals surface area contributed by atoms with Gasteiger partial charge in [-0.15, -0.1) is 0 Å². The van der Waals surface area contributed by atoms with Crippen LogP contribution in [0, 0.1) is 10.8 Å². The summed E-state index contributed by atoms with van der Waals surface area (Å²) in [4.78, 5) is 72.3. The number of hydrogen-bond acceptors (Lipinski definition) is 9. The third-order valence-electron chi connectivity index (χ3n) is 4.49. The summed E-state index contributed by atoms with van der Waals surface area (Å²) < 4.78 is 0. The Morgan fingerprint density at radius 3 is 1.22 bits per heavy atom. The summed E-state index contributed by atoms with van der Waals surface area (Å²) in [5, 5.41) is 29.4. The molecule has 0 atom stereocenters. The molecule has 0 bridgehead atoms. The molecule has 0 aromatic carbocycles. The third kappa shape index (κ3) is 5.69. The van der Waals surface area contributed by atoms with Crippen LogP contribution in [-0.2, 0) is 28.8 Å². The molecule has 152 valence electrons. The number of carbonyl (C=O) groups excluding carboxylic acids is 6. The van der Waals surface area contributed by atoms with E-state index in [0.29, 0.717) is 0 Å². The highest BCUT2D eigenvalue weighted by atomic mass is 16.3. The van der Waals surface area contributed by atoms with Gasteiger partial charge in [0.25, 0.3) is 0 Å². The maximum atomic E-state index is 12.9. The minimum absolute atomic E-state index is 0.547. The van der Waals surface area contributed by atoms with Gasteiger partial charge in [-0.25, -0.2) is 0 Å². The minimum Gasteiger partial charge on any atom is -0.396 e. The highest BCUT2D eigenvalue weighted by Gasteiger charge is 2.60. The van der Waals surface area contributed by atoms with E-state index >= 15 is 0 Å². The Bertz CT molecular complexity index is 592. The molecule has 0 aromatic rings. The second-order valence-electron chi connectivity index (χ2n) is 6.86. The van der Waals surface area contributed by atoms with Crippen LogP contribution in [0.5, 0.6) is 0 Å². The van der Waals surface area contributed by atoms with Crippen LogP contribution in [0.1, 0.15) is 46.5 Å². The molecule has 0 radical (unpaired) electrons. The molecule has 3 N–H and O–H groups in total. The SMILES string of the molecule is CC(=O)CC(=O)CC(C(=O)CC(C)=O)(C(=O)CC(C)=O)C(CO)(CO)CO. The Balaban J connectivity index is 6.68. The van der Waals surface area contributed by atoms with Crippen molar-refractivity contribution >= 4 is 34.7 Å². The lowest BCUT2D eigenvalue weighted by Gasteiger charge is -2.45. The van der Waals surface area contributed by atoms with Gasteiger partial charge in [0.1, 0.15) is 28.5 Å². The van der Waals surface area contributed by atoms with Gasteiger partial charge < -0.3 is 15.3 Å². The van der Waals surface area contributed by atoms with E-state index in [2.05, 4.69) is 0 Å². The zero-order valence-corrected chi connectivity index (χ0v) is 15.7. The molecule has 9 nitrogen and oxygen atoms in total. The quantitative estimate of drug-likeness (QED) is 0.317. The van der Waals surface area contributed by atoms with Crippen molar-refractivity contribution in [1.29, 1.82) is 0 Å². The number of rotatable bonds is 14. The van der Waals surface area contributed by atoms with Gasteiger partial charge in [-0.1, -0.05) is 0 Å². The molecule has 9 heteroatoms. The van der Waals surface area contributed by atoms with E-state index in [1.54, 1.807) is 0 Å². The lowest BCUT2D eigenvalue weighted by molar-refractivity contribution is -0.168. The van der Waals surface area contributed by atoms with Crippen molar-refractivity contribution in [2.45, 2.75) is 46.5 Å². The first-order valence-electron chi connectivity index (χ1n) is 8.31. The zero-order chi connectivity index (χ0) is 21.4. The number of carbonyl (C=O) groups is 6.